The van der Waals surface area contributed by atoms with Crippen LogP contribution in [0.3, 0.4) is 0 Å². The van der Waals surface area contributed by atoms with Crippen LogP contribution in [0.5, 0.6) is 11.6 Å². The maximum absolute atomic E-state index is 11.1. The average Bonchev–Trinajstić information content (AvgIpc) is 2.47. The minimum atomic E-state index is -0.497. The van der Waals surface area contributed by atoms with Crippen LogP contribution in [0, 0.1) is 21.4 Å². The Bertz CT molecular complexity index is 692. The van der Waals surface area contributed by atoms with Gasteiger partial charge in [0.1, 0.15) is 11.8 Å². The van der Waals surface area contributed by atoms with Crippen LogP contribution in [0.1, 0.15) is 18.2 Å². The SMILES string of the molecule is CCc1ccc(Oc2cccc(C#N)n2)c([N+](=O)[O-])c1. The average molecular weight is 269 g/mol. The van der Waals surface area contributed by atoms with Crippen LogP contribution < -0.4 is 4.74 Å². The smallest absolute Gasteiger partial charge is 0.311 e. The minimum absolute atomic E-state index is 0.106. The van der Waals surface area contributed by atoms with Crippen molar-refractivity contribution in [1.29, 1.82) is 5.26 Å². The standard InChI is InChI=1S/C14H11N3O3/c1-2-10-6-7-13(12(8-10)17(18)19)20-14-5-3-4-11(9-15)16-14/h3-8H,2H2,1H3. The third-order valence-electron chi connectivity index (χ3n) is 2.68. The maximum atomic E-state index is 11.1. The van der Waals surface area contributed by atoms with Crippen molar-refractivity contribution in [2.45, 2.75) is 13.3 Å². The van der Waals surface area contributed by atoms with Crippen LogP contribution in [-0.2, 0) is 6.42 Å². The number of rotatable bonds is 4. The topological polar surface area (TPSA) is 89.0 Å². The van der Waals surface area contributed by atoms with E-state index >= 15 is 0 Å². The van der Waals surface area contributed by atoms with Crippen LogP contribution in [0.2, 0.25) is 0 Å². The van der Waals surface area contributed by atoms with Gasteiger partial charge in [-0.2, -0.15) is 5.26 Å². The Balaban J connectivity index is 2.37. The molecule has 6 heteroatoms. The second-order valence-electron chi connectivity index (χ2n) is 3.99. The van der Waals surface area contributed by atoms with Crippen molar-refractivity contribution in [2.24, 2.45) is 0 Å². The van der Waals surface area contributed by atoms with Crippen molar-refractivity contribution in [3.05, 3.63) is 57.8 Å². The Morgan fingerprint density at radius 2 is 2.20 bits per heavy atom. The van der Waals surface area contributed by atoms with Crippen molar-refractivity contribution in [1.82, 2.24) is 4.98 Å². The lowest BCUT2D eigenvalue weighted by molar-refractivity contribution is -0.385. The minimum Gasteiger partial charge on any atom is -0.432 e. The molecule has 1 aromatic heterocycles. The summed E-state index contributed by atoms with van der Waals surface area (Å²) < 4.78 is 5.41. The summed E-state index contributed by atoms with van der Waals surface area (Å²) in [5, 5.41) is 19.8. The van der Waals surface area contributed by atoms with Crippen molar-refractivity contribution in [3.8, 4) is 17.7 Å². The maximum Gasteiger partial charge on any atom is 0.311 e. The highest BCUT2D eigenvalue weighted by molar-refractivity contribution is 5.50. The number of aryl methyl sites for hydroxylation is 1. The van der Waals surface area contributed by atoms with E-state index < -0.39 is 4.92 Å². The first-order chi connectivity index (χ1) is 9.63. The van der Waals surface area contributed by atoms with Crippen LogP contribution in [-0.4, -0.2) is 9.91 Å². The zero-order valence-corrected chi connectivity index (χ0v) is 10.7. The third-order valence-corrected chi connectivity index (χ3v) is 2.68. The monoisotopic (exact) mass is 269 g/mol. The van der Waals surface area contributed by atoms with Gasteiger partial charge in [0.05, 0.1) is 4.92 Å². The van der Waals surface area contributed by atoms with E-state index in [0.717, 1.165) is 5.56 Å². The molecule has 100 valence electrons. The highest BCUT2D eigenvalue weighted by Crippen LogP contribution is 2.31. The van der Waals surface area contributed by atoms with E-state index in [1.807, 2.05) is 13.0 Å². The number of pyridine rings is 1. The lowest BCUT2D eigenvalue weighted by Gasteiger charge is -2.06. The number of ether oxygens (including phenoxy) is 1. The quantitative estimate of drug-likeness (QED) is 0.628. The van der Waals surface area contributed by atoms with Gasteiger partial charge < -0.3 is 4.74 Å². The summed E-state index contributed by atoms with van der Waals surface area (Å²) in [4.78, 5) is 14.5. The van der Waals surface area contributed by atoms with E-state index in [1.54, 1.807) is 12.1 Å². The summed E-state index contributed by atoms with van der Waals surface area (Å²) >= 11 is 0. The number of nitro benzene ring substituents is 1. The van der Waals surface area contributed by atoms with Gasteiger partial charge >= 0.3 is 5.69 Å². The molecule has 0 aliphatic heterocycles. The van der Waals surface area contributed by atoms with Gasteiger partial charge in [-0.3, -0.25) is 10.1 Å². The molecule has 6 nitrogen and oxygen atoms in total. The van der Waals surface area contributed by atoms with Crippen molar-refractivity contribution < 1.29 is 9.66 Å². The van der Waals surface area contributed by atoms with Crippen LogP contribution in [0.4, 0.5) is 5.69 Å². The second-order valence-corrected chi connectivity index (χ2v) is 3.99. The molecular formula is C14H11N3O3. The first-order valence-corrected chi connectivity index (χ1v) is 5.96. The number of benzene rings is 1. The number of aromatic nitrogens is 1. The summed E-state index contributed by atoms with van der Waals surface area (Å²) in [6.45, 7) is 1.91. The number of nitrogens with zero attached hydrogens (tertiary/aromatic N) is 3. The number of hydrogen-bond acceptors (Lipinski definition) is 5. The molecule has 0 atom stereocenters. The fourth-order valence-electron chi connectivity index (χ4n) is 1.66. The Labute approximate surface area is 115 Å². The first kappa shape index (κ1) is 13.5. The van der Waals surface area contributed by atoms with Crippen molar-refractivity contribution in [2.75, 3.05) is 0 Å². The van der Waals surface area contributed by atoms with E-state index in [4.69, 9.17) is 10.00 Å². The Kier molecular flexibility index (Phi) is 3.91. The van der Waals surface area contributed by atoms with Gasteiger partial charge in [-0.1, -0.05) is 19.1 Å². The van der Waals surface area contributed by atoms with E-state index in [1.165, 1.54) is 24.3 Å². The second kappa shape index (κ2) is 5.80. The van der Waals surface area contributed by atoms with Crippen LogP contribution >= 0.6 is 0 Å². The molecule has 0 fully saturated rings. The summed E-state index contributed by atoms with van der Waals surface area (Å²) in [6.07, 6.45) is 0.698. The number of nitro groups is 1. The highest BCUT2D eigenvalue weighted by Gasteiger charge is 2.17. The van der Waals surface area contributed by atoms with Gasteiger partial charge in [0.25, 0.3) is 0 Å². The molecule has 0 aliphatic carbocycles. The highest BCUT2D eigenvalue weighted by atomic mass is 16.6. The lowest BCUT2D eigenvalue weighted by atomic mass is 10.1. The summed E-state index contributed by atoms with van der Waals surface area (Å²) in [6, 6.07) is 11.3. The van der Waals surface area contributed by atoms with E-state index in [-0.39, 0.29) is 23.0 Å². The summed E-state index contributed by atoms with van der Waals surface area (Å²) in [5.41, 5.74) is 0.923. The van der Waals surface area contributed by atoms with Gasteiger partial charge in [-0.05, 0) is 24.1 Å². The Morgan fingerprint density at radius 1 is 1.40 bits per heavy atom. The molecular weight excluding hydrogens is 258 g/mol. The summed E-state index contributed by atoms with van der Waals surface area (Å²) in [5.74, 6) is 0.256. The molecule has 1 aromatic carbocycles. The van der Waals surface area contributed by atoms with Gasteiger partial charge in [-0.25, -0.2) is 4.98 Å². The molecule has 1 heterocycles. The zero-order valence-electron chi connectivity index (χ0n) is 10.7. The van der Waals surface area contributed by atoms with Crippen LogP contribution in [0.25, 0.3) is 0 Å². The molecule has 0 saturated carbocycles. The molecule has 0 saturated heterocycles. The van der Waals surface area contributed by atoms with Crippen LogP contribution in [0.15, 0.2) is 36.4 Å². The van der Waals surface area contributed by atoms with Gasteiger partial charge in [-0.15, -0.1) is 0 Å². The largest absolute Gasteiger partial charge is 0.432 e. The number of hydrogen-bond donors (Lipinski definition) is 0. The molecule has 0 radical (unpaired) electrons. The Morgan fingerprint density at radius 3 is 2.85 bits per heavy atom. The molecule has 0 amide bonds. The molecule has 2 aromatic rings. The lowest BCUT2D eigenvalue weighted by Crippen LogP contribution is -1.96. The van der Waals surface area contributed by atoms with Gasteiger partial charge in [0, 0.05) is 12.1 Å². The molecule has 0 unspecified atom stereocenters. The molecule has 0 spiro atoms. The normalized spacial score (nSPS) is 9.80. The van der Waals surface area contributed by atoms with Crippen molar-refractivity contribution >= 4 is 5.69 Å². The molecule has 0 bridgehead atoms. The predicted octanol–water partition coefficient (Wildman–Crippen LogP) is 3.22. The zero-order chi connectivity index (χ0) is 14.5. The fourth-order valence-corrected chi connectivity index (χ4v) is 1.66. The molecule has 20 heavy (non-hydrogen) atoms. The van der Waals surface area contributed by atoms with Crippen molar-refractivity contribution in [3.63, 3.8) is 0 Å². The van der Waals surface area contributed by atoms with E-state index in [9.17, 15) is 10.1 Å². The fraction of sp³-hybridized carbons (Fsp3) is 0.143. The van der Waals surface area contributed by atoms with E-state index in [2.05, 4.69) is 4.98 Å². The number of nitriles is 1. The summed E-state index contributed by atoms with van der Waals surface area (Å²) in [7, 11) is 0. The molecule has 0 aliphatic rings. The van der Waals surface area contributed by atoms with E-state index in [0.29, 0.717) is 6.42 Å². The first-order valence-electron chi connectivity index (χ1n) is 5.96. The predicted molar refractivity (Wildman–Crippen MR) is 71.5 cm³/mol. The van der Waals surface area contributed by atoms with Gasteiger partial charge in [0.2, 0.25) is 11.6 Å². The molecule has 0 N–H and O–H groups in total. The third kappa shape index (κ3) is 2.90. The Hall–Kier alpha value is -2.94. The molecule has 2 rings (SSSR count). The van der Waals surface area contributed by atoms with Gasteiger partial charge in [0.15, 0.2) is 0 Å².